The summed E-state index contributed by atoms with van der Waals surface area (Å²) in [4.78, 5) is 30.4. The van der Waals surface area contributed by atoms with Crippen LogP contribution >= 0.6 is 11.6 Å². The summed E-state index contributed by atoms with van der Waals surface area (Å²) in [6.07, 6.45) is 5.86. The fourth-order valence-corrected chi connectivity index (χ4v) is 5.89. The summed E-state index contributed by atoms with van der Waals surface area (Å²) in [6, 6.07) is 9.54. The van der Waals surface area contributed by atoms with Crippen molar-refractivity contribution in [2.45, 2.75) is 76.1 Å². The SMILES string of the molecule is CCCCC1CN(CC(=O)N2[C@@H]3CC[C@H]2C[C@@H](O)C3)C(=O)c2cc(-c3ccc(Cl)cc3)nn21. The average Bonchev–Trinajstić information content (AvgIpc) is 3.35. The molecule has 7 nitrogen and oxygen atoms in total. The molecule has 1 aromatic heterocycles. The number of amides is 2. The average molecular weight is 471 g/mol. The van der Waals surface area contributed by atoms with Gasteiger partial charge in [0.1, 0.15) is 12.2 Å². The van der Waals surface area contributed by atoms with Gasteiger partial charge >= 0.3 is 0 Å². The van der Waals surface area contributed by atoms with Gasteiger partial charge in [0.15, 0.2) is 0 Å². The van der Waals surface area contributed by atoms with Crippen LogP contribution < -0.4 is 0 Å². The molecule has 1 unspecified atom stereocenters. The van der Waals surface area contributed by atoms with Crippen LogP contribution in [-0.2, 0) is 4.79 Å². The number of halogens is 1. The first kappa shape index (κ1) is 22.4. The van der Waals surface area contributed by atoms with Gasteiger partial charge < -0.3 is 14.9 Å². The summed E-state index contributed by atoms with van der Waals surface area (Å²) in [6.45, 7) is 2.73. The van der Waals surface area contributed by atoms with E-state index in [0.717, 1.165) is 43.4 Å². The number of hydrogen-bond donors (Lipinski definition) is 1. The smallest absolute Gasteiger partial charge is 0.272 e. The van der Waals surface area contributed by atoms with Gasteiger partial charge in [-0.3, -0.25) is 14.3 Å². The van der Waals surface area contributed by atoms with Crippen molar-refractivity contribution < 1.29 is 14.7 Å². The topological polar surface area (TPSA) is 78.7 Å². The van der Waals surface area contributed by atoms with E-state index < -0.39 is 0 Å². The van der Waals surface area contributed by atoms with Crippen molar-refractivity contribution in [3.63, 3.8) is 0 Å². The standard InChI is InChI=1S/C25H31ClN4O3/c1-2-3-4-20-14-28(15-24(32)29-18-9-10-19(29)12-21(31)11-18)25(33)23-13-22(27-30(20)23)16-5-7-17(26)8-6-16/h5-8,13,18-21,31H,2-4,9-12,14-15H2,1H3/t18-,19+,20?,21+. The summed E-state index contributed by atoms with van der Waals surface area (Å²) < 4.78 is 1.86. The monoisotopic (exact) mass is 470 g/mol. The Labute approximate surface area is 199 Å². The fourth-order valence-electron chi connectivity index (χ4n) is 5.76. The van der Waals surface area contributed by atoms with Gasteiger partial charge in [-0.1, -0.05) is 43.5 Å². The van der Waals surface area contributed by atoms with Crippen molar-refractivity contribution in [2.75, 3.05) is 13.1 Å². The van der Waals surface area contributed by atoms with E-state index >= 15 is 0 Å². The quantitative estimate of drug-likeness (QED) is 0.694. The normalized spacial score (nSPS) is 26.6. The summed E-state index contributed by atoms with van der Waals surface area (Å²) in [5, 5.41) is 15.5. The Bertz CT molecular complexity index is 1020. The molecule has 2 saturated heterocycles. The highest BCUT2D eigenvalue weighted by atomic mass is 35.5. The maximum atomic E-state index is 13.4. The number of nitrogens with zero attached hydrogens (tertiary/aromatic N) is 4. The van der Waals surface area contributed by atoms with Gasteiger partial charge in [-0.25, -0.2) is 0 Å². The number of rotatable bonds is 6. The highest BCUT2D eigenvalue weighted by Gasteiger charge is 2.44. The van der Waals surface area contributed by atoms with E-state index in [2.05, 4.69) is 6.92 Å². The molecule has 176 valence electrons. The highest BCUT2D eigenvalue weighted by Crippen LogP contribution is 2.36. The molecule has 33 heavy (non-hydrogen) atoms. The number of aliphatic hydroxyl groups is 1. The lowest BCUT2D eigenvalue weighted by atomic mass is 9.99. The number of hydrogen-bond acceptors (Lipinski definition) is 4. The molecule has 3 aliphatic rings. The van der Waals surface area contributed by atoms with Crippen molar-refractivity contribution in [1.82, 2.24) is 19.6 Å². The molecule has 4 heterocycles. The van der Waals surface area contributed by atoms with Gasteiger partial charge in [0.25, 0.3) is 5.91 Å². The molecule has 8 heteroatoms. The molecule has 3 aliphatic heterocycles. The van der Waals surface area contributed by atoms with E-state index in [-0.39, 0.29) is 42.6 Å². The number of piperidine rings is 1. The third-order valence-electron chi connectivity index (χ3n) is 7.37. The van der Waals surface area contributed by atoms with Crippen LogP contribution in [-0.4, -0.2) is 67.8 Å². The molecule has 4 atom stereocenters. The van der Waals surface area contributed by atoms with E-state index in [9.17, 15) is 14.7 Å². The first-order chi connectivity index (χ1) is 15.9. The predicted molar refractivity (Wildman–Crippen MR) is 126 cm³/mol. The Morgan fingerprint density at radius 1 is 1.18 bits per heavy atom. The number of benzene rings is 1. The lowest BCUT2D eigenvalue weighted by Crippen LogP contribution is -2.53. The van der Waals surface area contributed by atoms with Crippen molar-refractivity contribution in [3.05, 3.63) is 41.0 Å². The van der Waals surface area contributed by atoms with Gasteiger partial charge in [-0.2, -0.15) is 5.10 Å². The van der Waals surface area contributed by atoms with Crippen molar-refractivity contribution in [1.29, 1.82) is 0 Å². The zero-order valence-corrected chi connectivity index (χ0v) is 19.7. The molecular formula is C25H31ClN4O3. The molecule has 0 spiro atoms. The Balaban J connectivity index is 1.39. The van der Waals surface area contributed by atoms with Crippen LogP contribution in [0.5, 0.6) is 0 Å². The predicted octanol–water partition coefficient (Wildman–Crippen LogP) is 3.90. The van der Waals surface area contributed by atoms with Crippen LogP contribution in [0.2, 0.25) is 5.02 Å². The summed E-state index contributed by atoms with van der Waals surface area (Å²) in [5.41, 5.74) is 2.19. The Hall–Kier alpha value is -2.38. The molecule has 0 saturated carbocycles. The van der Waals surface area contributed by atoms with Crippen LogP contribution in [0, 0.1) is 0 Å². The summed E-state index contributed by atoms with van der Waals surface area (Å²) in [7, 11) is 0. The van der Waals surface area contributed by atoms with Gasteiger partial charge in [0, 0.05) is 29.2 Å². The van der Waals surface area contributed by atoms with Crippen LogP contribution in [0.3, 0.4) is 0 Å². The molecule has 2 aromatic rings. The molecule has 2 fully saturated rings. The zero-order valence-electron chi connectivity index (χ0n) is 19.0. The minimum atomic E-state index is -0.317. The third kappa shape index (κ3) is 4.28. The molecule has 2 amide bonds. The molecule has 2 bridgehead atoms. The lowest BCUT2D eigenvalue weighted by molar-refractivity contribution is -0.138. The number of aliphatic hydroxyl groups excluding tert-OH is 1. The summed E-state index contributed by atoms with van der Waals surface area (Å²) in [5.74, 6) is -0.143. The maximum absolute atomic E-state index is 13.4. The van der Waals surface area contributed by atoms with E-state index in [0.29, 0.717) is 30.1 Å². The second kappa shape index (κ2) is 9.11. The van der Waals surface area contributed by atoms with E-state index in [1.807, 2.05) is 39.9 Å². The van der Waals surface area contributed by atoms with E-state index in [1.54, 1.807) is 4.90 Å². The zero-order chi connectivity index (χ0) is 23.1. The first-order valence-corrected chi connectivity index (χ1v) is 12.5. The minimum Gasteiger partial charge on any atom is -0.393 e. The van der Waals surface area contributed by atoms with Crippen molar-refractivity contribution in [2.24, 2.45) is 0 Å². The first-order valence-electron chi connectivity index (χ1n) is 12.1. The Morgan fingerprint density at radius 3 is 2.55 bits per heavy atom. The van der Waals surface area contributed by atoms with Crippen LogP contribution in [0.25, 0.3) is 11.3 Å². The number of unbranched alkanes of at least 4 members (excludes halogenated alkanes) is 1. The minimum absolute atomic E-state index is 0.00267. The van der Waals surface area contributed by atoms with E-state index in [1.165, 1.54) is 0 Å². The largest absolute Gasteiger partial charge is 0.393 e. The van der Waals surface area contributed by atoms with Gasteiger partial charge in [0.05, 0.1) is 17.8 Å². The third-order valence-corrected chi connectivity index (χ3v) is 7.62. The number of aromatic nitrogens is 2. The molecule has 0 aliphatic carbocycles. The van der Waals surface area contributed by atoms with Crippen LogP contribution in [0.1, 0.15) is 68.4 Å². The van der Waals surface area contributed by atoms with E-state index in [4.69, 9.17) is 16.7 Å². The van der Waals surface area contributed by atoms with Gasteiger partial charge in [-0.15, -0.1) is 0 Å². The molecule has 1 N–H and O–H groups in total. The fraction of sp³-hybridized carbons (Fsp3) is 0.560. The second-order valence-electron chi connectivity index (χ2n) is 9.66. The van der Waals surface area contributed by atoms with Crippen molar-refractivity contribution in [3.8, 4) is 11.3 Å². The molecule has 0 radical (unpaired) electrons. The molecule has 5 rings (SSSR count). The Kier molecular flexibility index (Phi) is 6.18. The number of carbonyl (C=O) groups excluding carboxylic acids is 2. The molecular weight excluding hydrogens is 440 g/mol. The number of carbonyl (C=O) groups is 2. The van der Waals surface area contributed by atoms with Crippen LogP contribution in [0.15, 0.2) is 30.3 Å². The van der Waals surface area contributed by atoms with Crippen LogP contribution in [0.4, 0.5) is 0 Å². The lowest BCUT2D eigenvalue weighted by Gasteiger charge is -2.39. The summed E-state index contributed by atoms with van der Waals surface area (Å²) >= 11 is 6.03. The maximum Gasteiger partial charge on any atom is 0.272 e. The molecule has 1 aromatic carbocycles. The van der Waals surface area contributed by atoms with Gasteiger partial charge in [-0.05, 0) is 50.3 Å². The second-order valence-corrected chi connectivity index (χ2v) is 10.1. The van der Waals surface area contributed by atoms with Crippen molar-refractivity contribution >= 4 is 23.4 Å². The number of fused-ring (bicyclic) bond motifs is 3. The Morgan fingerprint density at radius 2 is 1.88 bits per heavy atom. The highest BCUT2D eigenvalue weighted by molar-refractivity contribution is 6.30. The van der Waals surface area contributed by atoms with Gasteiger partial charge in [0.2, 0.25) is 5.91 Å².